The van der Waals surface area contributed by atoms with Gasteiger partial charge in [0.05, 0.1) is 7.11 Å². The summed E-state index contributed by atoms with van der Waals surface area (Å²) in [4.78, 5) is 0. The van der Waals surface area contributed by atoms with Crippen LogP contribution in [-0.2, 0) is 15.6 Å². The van der Waals surface area contributed by atoms with Crippen LogP contribution in [0.5, 0.6) is 5.75 Å². The lowest BCUT2D eigenvalue weighted by atomic mass is 9.77. The first-order chi connectivity index (χ1) is 9.77. The highest BCUT2D eigenvalue weighted by Gasteiger charge is 2.28. The van der Waals surface area contributed by atoms with Gasteiger partial charge in [-0.05, 0) is 24.3 Å². The van der Waals surface area contributed by atoms with Crippen molar-refractivity contribution >= 4 is 10.2 Å². The molecule has 0 amide bonds. The maximum Gasteiger partial charge on any atom is 0.278 e. The van der Waals surface area contributed by atoms with Gasteiger partial charge in [-0.3, -0.25) is 0 Å². The van der Waals surface area contributed by atoms with Crippen LogP contribution in [0.15, 0.2) is 24.3 Å². The molecular formula is C15H26N2O3S. The Balaban J connectivity index is 2.86. The molecule has 0 aliphatic heterocycles. The van der Waals surface area contributed by atoms with E-state index in [1.165, 1.54) is 18.4 Å². The van der Waals surface area contributed by atoms with Crippen molar-refractivity contribution in [1.29, 1.82) is 0 Å². The highest BCUT2D eigenvalue weighted by atomic mass is 32.2. The monoisotopic (exact) mass is 314 g/mol. The van der Waals surface area contributed by atoms with Gasteiger partial charge in [0.1, 0.15) is 5.75 Å². The summed E-state index contributed by atoms with van der Waals surface area (Å²) in [5.41, 5.74) is 0.973. The maximum atomic E-state index is 11.8. The Hall–Kier alpha value is -1.11. The van der Waals surface area contributed by atoms with Crippen molar-refractivity contribution in [2.24, 2.45) is 0 Å². The predicted octanol–water partition coefficient (Wildman–Crippen LogP) is 2.15. The van der Waals surface area contributed by atoms with E-state index in [0.717, 1.165) is 17.7 Å². The van der Waals surface area contributed by atoms with E-state index in [1.54, 1.807) is 7.11 Å². The second-order valence-electron chi connectivity index (χ2n) is 5.55. The molecule has 0 aliphatic carbocycles. The molecule has 1 atom stereocenters. The average Bonchev–Trinajstić information content (AvgIpc) is 2.46. The largest absolute Gasteiger partial charge is 0.496 e. The second kappa shape index (κ2) is 7.24. The molecule has 120 valence electrons. The third kappa shape index (κ3) is 4.43. The molecule has 0 saturated heterocycles. The molecule has 0 bridgehead atoms. The van der Waals surface area contributed by atoms with E-state index in [1.807, 2.05) is 24.3 Å². The smallest absolute Gasteiger partial charge is 0.278 e. The number of hydrogen-bond acceptors (Lipinski definition) is 3. The lowest BCUT2D eigenvalue weighted by Gasteiger charge is -2.30. The van der Waals surface area contributed by atoms with Crippen molar-refractivity contribution in [2.45, 2.75) is 32.1 Å². The summed E-state index contributed by atoms with van der Waals surface area (Å²) in [5, 5.41) is 0. The van der Waals surface area contributed by atoms with E-state index in [-0.39, 0.29) is 5.41 Å². The molecule has 0 radical (unpaired) electrons. The summed E-state index contributed by atoms with van der Waals surface area (Å²) in [6.07, 6.45) is 1.61. The normalized spacial score (nSPS) is 15.0. The van der Waals surface area contributed by atoms with Gasteiger partial charge in [0.25, 0.3) is 10.2 Å². The first kappa shape index (κ1) is 17.9. The van der Waals surface area contributed by atoms with Gasteiger partial charge in [0.15, 0.2) is 0 Å². The second-order valence-corrected chi connectivity index (χ2v) is 7.52. The van der Waals surface area contributed by atoms with Crippen molar-refractivity contribution in [3.8, 4) is 5.75 Å². The van der Waals surface area contributed by atoms with Crippen LogP contribution in [0.1, 0.15) is 32.3 Å². The van der Waals surface area contributed by atoms with Crippen molar-refractivity contribution in [3.63, 3.8) is 0 Å². The van der Waals surface area contributed by atoms with E-state index < -0.39 is 10.2 Å². The topological polar surface area (TPSA) is 58.6 Å². The van der Waals surface area contributed by atoms with Gasteiger partial charge in [0.2, 0.25) is 0 Å². The van der Waals surface area contributed by atoms with Crippen LogP contribution in [0.25, 0.3) is 0 Å². The molecule has 0 aromatic heterocycles. The average molecular weight is 314 g/mol. The number of hydrogen-bond donors (Lipinski definition) is 1. The molecule has 0 spiro atoms. The maximum absolute atomic E-state index is 11.8. The molecule has 5 nitrogen and oxygen atoms in total. The van der Waals surface area contributed by atoms with E-state index >= 15 is 0 Å². The van der Waals surface area contributed by atoms with E-state index in [0.29, 0.717) is 13.0 Å². The molecule has 0 aliphatic rings. The van der Waals surface area contributed by atoms with Crippen LogP contribution in [0.3, 0.4) is 0 Å². The number of nitrogens with zero attached hydrogens (tertiary/aromatic N) is 1. The molecule has 6 heteroatoms. The fourth-order valence-electron chi connectivity index (χ4n) is 2.23. The molecule has 1 aromatic carbocycles. The van der Waals surface area contributed by atoms with Gasteiger partial charge in [-0.2, -0.15) is 12.7 Å². The number of benzene rings is 1. The zero-order valence-electron chi connectivity index (χ0n) is 13.5. The summed E-state index contributed by atoms with van der Waals surface area (Å²) >= 11 is 0. The van der Waals surface area contributed by atoms with E-state index in [4.69, 9.17) is 4.74 Å². The van der Waals surface area contributed by atoms with Crippen LogP contribution in [-0.4, -0.2) is 40.5 Å². The van der Waals surface area contributed by atoms with Gasteiger partial charge in [-0.25, -0.2) is 4.72 Å². The quantitative estimate of drug-likeness (QED) is 0.800. The van der Waals surface area contributed by atoms with Crippen molar-refractivity contribution < 1.29 is 13.2 Å². The Labute approximate surface area is 128 Å². The highest BCUT2D eigenvalue weighted by Crippen LogP contribution is 2.36. The third-order valence-electron chi connectivity index (χ3n) is 3.98. The highest BCUT2D eigenvalue weighted by molar-refractivity contribution is 7.87. The summed E-state index contributed by atoms with van der Waals surface area (Å²) < 4.78 is 32.7. The summed E-state index contributed by atoms with van der Waals surface area (Å²) in [5.74, 6) is 0.845. The lowest BCUT2D eigenvalue weighted by molar-refractivity contribution is 0.365. The fourth-order valence-corrected chi connectivity index (χ4v) is 2.85. The summed E-state index contributed by atoms with van der Waals surface area (Å²) in [6.45, 7) is 4.63. The Morgan fingerprint density at radius 1 is 1.29 bits per heavy atom. The van der Waals surface area contributed by atoms with Crippen LogP contribution >= 0.6 is 0 Å². The first-order valence-corrected chi connectivity index (χ1v) is 8.51. The zero-order valence-corrected chi connectivity index (χ0v) is 14.3. The first-order valence-electron chi connectivity index (χ1n) is 7.07. The van der Waals surface area contributed by atoms with Crippen molar-refractivity contribution in [1.82, 2.24) is 9.03 Å². The molecule has 0 fully saturated rings. The Bertz CT molecular complexity index is 558. The molecule has 1 N–H and O–H groups in total. The minimum absolute atomic E-state index is 0.137. The Morgan fingerprint density at radius 2 is 1.90 bits per heavy atom. The molecule has 1 aromatic rings. The molecule has 21 heavy (non-hydrogen) atoms. The van der Waals surface area contributed by atoms with Gasteiger partial charge in [-0.1, -0.05) is 32.0 Å². The Morgan fingerprint density at radius 3 is 2.43 bits per heavy atom. The minimum atomic E-state index is -3.37. The predicted molar refractivity (Wildman–Crippen MR) is 85.9 cm³/mol. The van der Waals surface area contributed by atoms with Gasteiger partial charge < -0.3 is 4.74 Å². The standard InChI is InChI=1S/C15H26N2O3S/c1-6-15(2,11-12-16-21(18,19)17(3)4)13-9-7-8-10-14(13)20-5/h7-10,16H,6,11-12H2,1-5H3. The summed E-state index contributed by atoms with van der Waals surface area (Å²) in [6, 6.07) is 7.90. The number of rotatable bonds is 8. The molecule has 1 unspecified atom stereocenters. The lowest BCUT2D eigenvalue weighted by Crippen LogP contribution is -2.38. The molecule has 0 saturated carbocycles. The number of methoxy groups -OCH3 is 1. The third-order valence-corrected chi connectivity index (χ3v) is 5.51. The van der Waals surface area contributed by atoms with Gasteiger partial charge in [-0.15, -0.1) is 0 Å². The number of para-hydroxylation sites is 1. The van der Waals surface area contributed by atoms with E-state index in [2.05, 4.69) is 18.6 Å². The fraction of sp³-hybridized carbons (Fsp3) is 0.600. The molecule has 1 rings (SSSR count). The number of nitrogens with one attached hydrogen (secondary N) is 1. The summed E-state index contributed by atoms with van der Waals surface area (Å²) in [7, 11) is 1.31. The SMILES string of the molecule is CCC(C)(CCNS(=O)(=O)N(C)C)c1ccccc1OC. The van der Waals surface area contributed by atoms with Crippen molar-refractivity contribution in [3.05, 3.63) is 29.8 Å². The van der Waals surface area contributed by atoms with Crippen molar-refractivity contribution in [2.75, 3.05) is 27.7 Å². The molecule has 0 heterocycles. The number of ether oxygens (including phenoxy) is 1. The zero-order chi connectivity index (χ0) is 16.1. The Kier molecular flexibility index (Phi) is 6.19. The van der Waals surface area contributed by atoms with Gasteiger partial charge >= 0.3 is 0 Å². The van der Waals surface area contributed by atoms with Gasteiger partial charge in [0, 0.05) is 26.2 Å². The van der Waals surface area contributed by atoms with Crippen LogP contribution in [0, 0.1) is 0 Å². The van der Waals surface area contributed by atoms with E-state index in [9.17, 15) is 8.42 Å². The van der Waals surface area contributed by atoms with Crippen LogP contribution in [0.4, 0.5) is 0 Å². The van der Waals surface area contributed by atoms with Crippen LogP contribution in [0.2, 0.25) is 0 Å². The molecular weight excluding hydrogens is 288 g/mol. The van der Waals surface area contributed by atoms with Crippen LogP contribution < -0.4 is 9.46 Å². The minimum Gasteiger partial charge on any atom is -0.496 e.